The number of sulfone groups is 1. The lowest BCUT2D eigenvalue weighted by atomic mass is 10.0. The van der Waals surface area contributed by atoms with Crippen LogP contribution in [0, 0.1) is 0 Å². The Morgan fingerprint density at radius 3 is 2.40 bits per heavy atom. The van der Waals surface area contributed by atoms with E-state index >= 15 is 4.39 Å². The summed E-state index contributed by atoms with van der Waals surface area (Å²) in [6, 6.07) is 9.26. The number of amides is 2. The number of nitrogens with two attached hydrogens (primary N) is 1. The zero-order valence-electron chi connectivity index (χ0n) is 22.0. The number of hydrogen-bond acceptors (Lipinski definition) is 7. The summed E-state index contributed by atoms with van der Waals surface area (Å²) in [5, 5.41) is 4.22. The number of primary amides is 1. The molecule has 0 radical (unpaired) electrons. The van der Waals surface area contributed by atoms with Crippen molar-refractivity contribution in [2.24, 2.45) is 5.73 Å². The summed E-state index contributed by atoms with van der Waals surface area (Å²) in [5.41, 5.74) is 7.25. The Balaban J connectivity index is 1.19. The predicted octanol–water partition coefficient (Wildman–Crippen LogP) is 3.08. The second-order valence-corrected chi connectivity index (χ2v) is 12.3. The largest absolute Gasteiger partial charge is 0.573 e. The predicted molar refractivity (Wildman–Crippen MR) is 141 cm³/mol. The van der Waals surface area contributed by atoms with E-state index in [-0.39, 0.29) is 54.8 Å². The maximum Gasteiger partial charge on any atom is 0.573 e. The molecule has 2 amide bonds. The molecule has 0 spiro atoms. The number of rotatable bonds is 8. The normalized spacial score (nSPS) is 20.5. The summed E-state index contributed by atoms with van der Waals surface area (Å²) < 4.78 is 86.3. The van der Waals surface area contributed by atoms with Crippen LogP contribution in [0.2, 0.25) is 0 Å². The van der Waals surface area contributed by atoms with Crippen LogP contribution in [0.1, 0.15) is 28.4 Å². The van der Waals surface area contributed by atoms with Crippen molar-refractivity contribution in [2.45, 2.75) is 37.5 Å². The van der Waals surface area contributed by atoms with Gasteiger partial charge in [0.1, 0.15) is 17.6 Å². The molecule has 2 fully saturated rings. The van der Waals surface area contributed by atoms with Crippen LogP contribution >= 0.6 is 0 Å². The Morgan fingerprint density at radius 1 is 1.07 bits per heavy atom. The zero-order chi connectivity index (χ0) is 30.2. The van der Waals surface area contributed by atoms with Gasteiger partial charge in [-0.05, 0) is 35.4 Å². The maximum atomic E-state index is 15.1. The van der Waals surface area contributed by atoms with E-state index in [1.54, 1.807) is 23.1 Å². The Morgan fingerprint density at radius 2 is 1.79 bits per heavy atom. The van der Waals surface area contributed by atoms with Crippen molar-refractivity contribution in [2.75, 3.05) is 24.6 Å². The Hall–Kier alpha value is -4.14. The van der Waals surface area contributed by atoms with E-state index in [9.17, 15) is 31.2 Å². The van der Waals surface area contributed by atoms with Crippen LogP contribution in [-0.2, 0) is 21.1 Å². The van der Waals surface area contributed by atoms with E-state index in [1.807, 2.05) is 0 Å². The van der Waals surface area contributed by atoms with E-state index in [2.05, 4.69) is 9.84 Å². The highest BCUT2D eigenvalue weighted by Gasteiger charge is 2.36. The van der Waals surface area contributed by atoms with Gasteiger partial charge in [0, 0.05) is 24.7 Å². The lowest BCUT2D eigenvalue weighted by Crippen LogP contribution is -2.49. The van der Waals surface area contributed by atoms with Crippen LogP contribution in [0.15, 0.2) is 54.9 Å². The van der Waals surface area contributed by atoms with E-state index < -0.39 is 46.0 Å². The number of ether oxygens (including phenoxy) is 2. The Labute approximate surface area is 237 Å². The fourth-order valence-corrected chi connectivity index (χ4v) is 6.26. The number of hydrogen-bond donors (Lipinski definition) is 1. The number of nitrogens with zero attached hydrogens (tertiary/aromatic N) is 3. The molecule has 1 aromatic heterocycles. The summed E-state index contributed by atoms with van der Waals surface area (Å²) in [5.74, 6) is -1.50. The molecule has 15 heteroatoms. The molecule has 0 saturated carbocycles. The molecule has 42 heavy (non-hydrogen) atoms. The number of carbonyl (C=O) groups is 2. The third-order valence-electron chi connectivity index (χ3n) is 7.07. The molecular weight excluding hydrogens is 584 g/mol. The van der Waals surface area contributed by atoms with Crippen LogP contribution in [0.3, 0.4) is 0 Å². The van der Waals surface area contributed by atoms with Gasteiger partial charge in [0.05, 0.1) is 42.3 Å². The molecule has 0 unspecified atom stereocenters. The van der Waals surface area contributed by atoms with Crippen molar-refractivity contribution in [1.82, 2.24) is 14.7 Å². The van der Waals surface area contributed by atoms with Gasteiger partial charge < -0.3 is 20.1 Å². The lowest BCUT2D eigenvalue weighted by Gasteiger charge is -2.35. The number of aromatic nitrogens is 2. The molecule has 2 N–H and O–H groups in total. The van der Waals surface area contributed by atoms with Crippen molar-refractivity contribution in [3.8, 4) is 22.6 Å². The molecule has 0 bridgehead atoms. The minimum atomic E-state index is -4.82. The minimum absolute atomic E-state index is 0.0101. The number of piperidine rings is 1. The maximum absolute atomic E-state index is 15.1. The average Bonchev–Trinajstić information content (AvgIpc) is 3.39. The SMILES string of the molecule is NC(=O)c1cc(-c2cnn(C3CS(=O)(=O)C3)c2)ccc1O[C@H]1CCN(C(=O)Cc2ccc(OC(F)(F)F)cc2)C[C@H]1F. The zero-order valence-corrected chi connectivity index (χ0v) is 22.8. The number of likely N-dealkylation sites (tertiary alicyclic amines) is 1. The molecule has 224 valence electrons. The fraction of sp³-hybridized carbons (Fsp3) is 0.370. The van der Waals surface area contributed by atoms with Gasteiger partial charge in [-0.3, -0.25) is 14.3 Å². The highest BCUT2D eigenvalue weighted by Crippen LogP contribution is 2.31. The average molecular weight is 611 g/mol. The van der Waals surface area contributed by atoms with Gasteiger partial charge in [0.15, 0.2) is 16.0 Å². The van der Waals surface area contributed by atoms with Gasteiger partial charge in [-0.25, -0.2) is 12.8 Å². The van der Waals surface area contributed by atoms with Crippen LogP contribution in [0.25, 0.3) is 11.1 Å². The topological polar surface area (TPSA) is 134 Å². The van der Waals surface area contributed by atoms with Crippen molar-refractivity contribution >= 4 is 21.7 Å². The highest BCUT2D eigenvalue weighted by atomic mass is 32.2. The summed E-state index contributed by atoms with van der Waals surface area (Å²) in [7, 11) is -3.03. The fourth-order valence-electron chi connectivity index (χ4n) is 4.88. The number of carbonyl (C=O) groups excluding carboxylic acids is 2. The van der Waals surface area contributed by atoms with Gasteiger partial charge in [-0.1, -0.05) is 18.2 Å². The third-order valence-corrected chi connectivity index (χ3v) is 8.86. The molecule has 2 atom stereocenters. The van der Waals surface area contributed by atoms with Gasteiger partial charge in [-0.2, -0.15) is 5.10 Å². The second-order valence-electron chi connectivity index (χ2n) is 10.2. The Kier molecular flexibility index (Phi) is 7.88. The quantitative estimate of drug-likeness (QED) is 0.388. The number of halogens is 4. The van der Waals surface area contributed by atoms with E-state index in [1.165, 1.54) is 29.2 Å². The lowest BCUT2D eigenvalue weighted by molar-refractivity contribution is -0.274. The molecule has 3 heterocycles. The van der Waals surface area contributed by atoms with Crippen molar-refractivity contribution < 1.29 is 45.0 Å². The van der Waals surface area contributed by atoms with E-state index in [0.717, 1.165) is 12.1 Å². The number of alkyl halides is 4. The molecule has 2 saturated heterocycles. The Bertz CT molecular complexity index is 1580. The van der Waals surface area contributed by atoms with Gasteiger partial charge >= 0.3 is 6.36 Å². The smallest absolute Gasteiger partial charge is 0.486 e. The summed E-state index contributed by atoms with van der Waals surface area (Å²) in [6.07, 6.45) is -4.15. The summed E-state index contributed by atoms with van der Waals surface area (Å²) >= 11 is 0. The van der Waals surface area contributed by atoms with Gasteiger partial charge in [0.25, 0.3) is 5.91 Å². The second kappa shape index (κ2) is 11.3. The molecule has 3 aromatic rings. The summed E-state index contributed by atoms with van der Waals surface area (Å²) in [6.45, 7) is -0.0991. The highest BCUT2D eigenvalue weighted by molar-refractivity contribution is 7.92. The summed E-state index contributed by atoms with van der Waals surface area (Å²) in [4.78, 5) is 26.2. The van der Waals surface area contributed by atoms with Crippen LogP contribution < -0.4 is 15.2 Å². The van der Waals surface area contributed by atoms with Crippen LogP contribution in [-0.4, -0.2) is 78.1 Å². The monoisotopic (exact) mass is 610 g/mol. The first kappa shape index (κ1) is 29.4. The third kappa shape index (κ3) is 6.83. The van der Waals surface area contributed by atoms with Crippen LogP contribution in [0.5, 0.6) is 11.5 Å². The molecule has 2 aliphatic heterocycles. The van der Waals surface area contributed by atoms with Crippen molar-refractivity contribution in [3.05, 3.63) is 66.0 Å². The minimum Gasteiger partial charge on any atom is -0.486 e. The molecular formula is C27H26F4N4O6S. The van der Waals surface area contributed by atoms with Gasteiger partial charge in [-0.15, -0.1) is 13.2 Å². The number of benzene rings is 2. The van der Waals surface area contributed by atoms with E-state index in [0.29, 0.717) is 16.7 Å². The van der Waals surface area contributed by atoms with Gasteiger partial charge in [0.2, 0.25) is 5.91 Å². The van der Waals surface area contributed by atoms with Crippen LogP contribution in [0.4, 0.5) is 17.6 Å². The first-order valence-electron chi connectivity index (χ1n) is 12.9. The molecule has 10 nitrogen and oxygen atoms in total. The first-order chi connectivity index (χ1) is 19.8. The van der Waals surface area contributed by atoms with E-state index in [4.69, 9.17) is 10.5 Å². The standard InChI is InChI=1S/C27H26F4N4O6S/c28-22-13-34(25(36)9-16-1-4-20(5-2-16)41-27(29,30)31)8-7-24(22)40-23-6-3-17(10-21(23)26(32)37)18-11-33-35(12-18)19-14-42(38,39)15-19/h1-6,10-12,19,22,24H,7-9,13-15H2,(H2,32,37)/t22-,24+/m1/s1. The van der Waals surface area contributed by atoms with Crippen molar-refractivity contribution in [1.29, 1.82) is 0 Å². The molecule has 2 aromatic carbocycles. The first-order valence-corrected chi connectivity index (χ1v) is 14.7. The molecule has 2 aliphatic rings. The molecule has 0 aliphatic carbocycles. The van der Waals surface area contributed by atoms with Crippen molar-refractivity contribution in [3.63, 3.8) is 0 Å². The molecule has 5 rings (SSSR count).